The zero-order valence-corrected chi connectivity index (χ0v) is 11.3. The fourth-order valence-corrected chi connectivity index (χ4v) is 3.37. The first kappa shape index (κ1) is 12.8. The minimum Gasteiger partial charge on any atom is -0.399 e. The summed E-state index contributed by atoms with van der Waals surface area (Å²) in [6.45, 7) is 1.70. The maximum absolute atomic E-state index is 11.9. The van der Waals surface area contributed by atoms with E-state index in [0.717, 1.165) is 11.5 Å². The Morgan fingerprint density at radius 1 is 1.44 bits per heavy atom. The molecule has 0 aliphatic carbocycles. The Morgan fingerprint density at radius 2 is 2.22 bits per heavy atom. The number of aromatic nitrogens is 2. The van der Waals surface area contributed by atoms with E-state index in [1.165, 1.54) is 0 Å². The lowest BCUT2D eigenvalue weighted by atomic mass is 10.2. The Labute approximate surface area is 109 Å². The van der Waals surface area contributed by atoms with Crippen LogP contribution < -0.4 is 10.5 Å². The van der Waals surface area contributed by atoms with Crippen LogP contribution in [0.15, 0.2) is 24.3 Å². The van der Waals surface area contributed by atoms with E-state index >= 15 is 0 Å². The summed E-state index contributed by atoms with van der Waals surface area (Å²) in [5.74, 6) is 0.401. The van der Waals surface area contributed by atoms with Crippen LogP contribution in [0.3, 0.4) is 0 Å². The predicted molar refractivity (Wildman–Crippen MR) is 71.7 cm³/mol. The second-order valence-corrected chi connectivity index (χ2v) is 6.23. The standard InChI is InChI=1S/C10H12N4O2S2/c1-7-12-10(17-13-7)14-18(15,16)6-8-3-2-4-9(11)5-8/h2-5H,6,11H2,1H3,(H,12,13,14). The first-order valence-corrected chi connectivity index (χ1v) is 7.52. The topological polar surface area (TPSA) is 98.0 Å². The van der Waals surface area contributed by atoms with Gasteiger partial charge in [-0.15, -0.1) is 0 Å². The Balaban J connectivity index is 2.12. The monoisotopic (exact) mass is 284 g/mol. The minimum atomic E-state index is -3.49. The number of hydrogen-bond donors (Lipinski definition) is 2. The van der Waals surface area contributed by atoms with Gasteiger partial charge in [0.1, 0.15) is 5.82 Å². The van der Waals surface area contributed by atoms with Crippen LogP contribution in [0, 0.1) is 6.92 Å². The molecule has 0 aliphatic heterocycles. The van der Waals surface area contributed by atoms with Gasteiger partial charge in [0.15, 0.2) is 0 Å². The molecule has 0 fully saturated rings. The van der Waals surface area contributed by atoms with Gasteiger partial charge in [-0.2, -0.15) is 4.37 Å². The van der Waals surface area contributed by atoms with E-state index in [4.69, 9.17) is 5.73 Å². The highest BCUT2D eigenvalue weighted by molar-refractivity contribution is 7.92. The first-order chi connectivity index (χ1) is 8.44. The summed E-state index contributed by atoms with van der Waals surface area (Å²) in [7, 11) is -3.49. The molecule has 2 aromatic rings. The predicted octanol–water partition coefficient (Wildman–Crippen LogP) is 1.37. The van der Waals surface area contributed by atoms with Crippen LogP contribution in [0.2, 0.25) is 0 Å². The molecule has 0 amide bonds. The van der Waals surface area contributed by atoms with E-state index in [0.29, 0.717) is 17.1 Å². The maximum Gasteiger partial charge on any atom is 0.238 e. The van der Waals surface area contributed by atoms with Gasteiger partial charge in [0.2, 0.25) is 15.2 Å². The van der Waals surface area contributed by atoms with Gasteiger partial charge in [0, 0.05) is 17.2 Å². The largest absolute Gasteiger partial charge is 0.399 e. The summed E-state index contributed by atoms with van der Waals surface area (Å²) in [6.07, 6.45) is 0. The molecular weight excluding hydrogens is 272 g/mol. The van der Waals surface area contributed by atoms with Crippen molar-refractivity contribution >= 4 is 32.4 Å². The van der Waals surface area contributed by atoms with Gasteiger partial charge in [0.05, 0.1) is 5.75 Å². The normalized spacial score (nSPS) is 11.4. The molecule has 0 spiro atoms. The minimum absolute atomic E-state index is 0.142. The molecule has 8 heteroatoms. The number of aryl methyl sites for hydroxylation is 1. The summed E-state index contributed by atoms with van der Waals surface area (Å²) in [5, 5.41) is 0.274. The van der Waals surface area contributed by atoms with Gasteiger partial charge in [-0.1, -0.05) is 12.1 Å². The molecule has 96 valence electrons. The van der Waals surface area contributed by atoms with Gasteiger partial charge in [-0.25, -0.2) is 13.4 Å². The average molecular weight is 284 g/mol. The quantitative estimate of drug-likeness (QED) is 0.826. The molecule has 18 heavy (non-hydrogen) atoms. The molecule has 0 radical (unpaired) electrons. The molecule has 1 aromatic carbocycles. The van der Waals surface area contributed by atoms with Gasteiger partial charge >= 0.3 is 0 Å². The first-order valence-electron chi connectivity index (χ1n) is 5.10. The highest BCUT2D eigenvalue weighted by atomic mass is 32.2. The van der Waals surface area contributed by atoms with Crippen LogP contribution in [0.25, 0.3) is 0 Å². The number of rotatable bonds is 4. The smallest absolute Gasteiger partial charge is 0.238 e. The highest BCUT2D eigenvalue weighted by Crippen LogP contribution is 2.15. The molecule has 0 aliphatic rings. The molecular formula is C10H12N4O2S2. The van der Waals surface area contributed by atoms with Crippen molar-refractivity contribution in [1.29, 1.82) is 0 Å². The van der Waals surface area contributed by atoms with Crippen molar-refractivity contribution in [3.8, 4) is 0 Å². The van der Waals surface area contributed by atoms with Crippen LogP contribution in [0.4, 0.5) is 10.8 Å². The van der Waals surface area contributed by atoms with Crippen LogP contribution in [0.5, 0.6) is 0 Å². The molecule has 1 heterocycles. The van der Waals surface area contributed by atoms with E-state index in [1.54, 1.807) is 31.2 Å². The van der Waals surface area contributed by atoms with Gasteiger partial charge < -0.3 is 5.73 Å². The molecule has 6 nitrogen and oxygen atoms in total. The van der Waals surface area contributed by atoms with E-state index in [-0.39, 0.29) is 10.9 Å². The number of nitrogen functional groups attached to an aromatic ring is 1. The van der Waals surface area contributed by atoms with Crippen molar-refractivity contribution < 1.29 is 8.42 Å². The molecule has 0 unspecified atom stereocenters. The van der Waals surface area contributed by atoms with Crippen molar-refractivity contribution in [2.45, 2.75) is 12.7 Å². The third-order valence-corrected chi connectivity index (χ3v) is 4.15. The van der Waals surface area contributed by atoms with E-state index < -0.39 is 10.0 Å². The lowest BCUT2D eigenvalue weighted by Gasteiger charge is -2.05. The second-order valence-electron chi connectivity index (χ2n) is 3.75. The Bertz CT molecular complexity index is 651. The molecule has 0 saturated heterocycles. The van der Waals surface area contributed by atoms with Gasteiger partial charge in [-0.3, -0.25) is 4.72 Å². The van der Waals surface area contributed by atoms with Crippen molar-refractivity contribution in [3.05, 3.63) is 35.7 Å². The molecule has 0 saturated carbocycles. The average Bonchev–Trinajstić information content (AvgIpc) is 2.62. The van der Waals surface area contributed by atoms with Crippen LogP contribution >= 0.6 is 11.5 Å². The van der Waals surface area contributed by atoms with Crippen molar-refractivity contribution in [3.63, 3.8) is 0 Å². The summed E-state index contributed by atoms with van der Waals surface area (Å²) in [5.41, 5.74) is 6.76. The molecule has 3 N–H and O–H groups in total. The fourth-order valence-electron chi connectivity index (χ4n) is 1.41. The molecule has 0 bridgehead atoms. The Hall–Kier alpha value is -1.67. The number of sulfonamides is 1. The maximum atomic E-state index is 11.9. The van der Waals surface area contributed by atoms with Crippen LogP contribution in [0.1, 0.15) is 11.4 Å². The van der Waals surface area contributed by atoms with E-state index in [1.807, 2.05) is 0 Å². The van der Waals surface area contributed by atoms with Crippen molar-refractivity contribution in [2.24, 2.45) is 0 Å². The van der Waals surface area contributed by atoms with E-state index in [2.05, 4.69) is 14.1 Å². The number of benzene rings is 1. The molecule has 1 aromatic heterocycles. The lowest BCUT2D eigenvalue weighted by molar-refractivity contribution is 0.600. The van der Waals surface area contributed by atoms with Crippen LogP contribution in [-0.4, -0.2) is 17.8 Å². The fraction of sp³-hybridized carbons (Fsp3) is 0.200. The summed E-state index contributed by atoms with van der Waals surface area (Å²) in [4.78, 5) is 3.95. The third kappa shape index (κ3) is 3.41. The zero-order chi connectivity index (χ0) is 13.2. The SMILES string of the molecule is Cc1nsc(NS(=O)(=O)Cc2cccc(N)c2)n1. The van der Waals surface area contributed by atoms with Crippen molar-refractivity contribution in [1.82, 2.24) is 9.36 Å². The molecule has 0 atom stereocenters. The number of nitrogens with two attached hydrogens (primary N) is 1. The zero-order valence-electron chi connectivity index (χ0n) is 9.62. The van der Waals surface area contributed by atoms with Gasteiger partial charge in [0.25, 0.3) is 0 Å². The Kier molecular flexibility index (Phi) is 3.48. The number of anilines is 2. The number of nitrogens with one attached hydrogen (secondary N) is 1. The van der Waals surface area contributed by atoms with E-state index in [9.17, 15) is 8.42 Å². The Morgan fingerprint density at radius 3 is 2.83 bits per heavy atom. The number of hydrogen-bond acceptors (Lipinski definition) is 6. The molecule has 2 rings (SSSR count). The second kappa shape index (κ2) is 4.91. The van der Waals surface area contributed by atoms with Crippen molar-refractivity contribution in [2.75, 3.05) is 10.5 Å². The van der Waals surface area contributed by atoms with Gasteiger partial charge in [-0.05, 0) is 24.6 Å². The summed E-state index contributed by atoms with van der Waals surface area (Å²) >= 11 is 1.01. The summed E-state index contributed by atoms with van der Waals surface area (Å²) in [6, 6.07) is 6.76. The van der Waals surface area contributed by atoms with Crippen LogP contribution in [-0.2, 0) is 15.8 Å². The summed E-state index contributed by atoms with van der Waals surface area (Å²) < 4.78 is 30.0. The highest BCUT2D eigenvalue weighted by Gasteiger charge is 2.14. The number of nitrogens with zero attached hydrogens (tertiary/aromatic N) is 2. The third-order valence-electron chi connectivity index (χ3n) is 2.08. The lowest BCUT2D eigenvalue weighted by Crippen LogP contribution is -2.15.